The molecule has 6 atom stereocenters. The predicted octanol–water partition coefficient (Wildman–Crippen LogP) is 4.71. The van der Waals surface area contributed by atoms with E-state index in [1.165, 1.54) is 12.0 Å². The minimum Gasteiger partial charge on any atom is -0.392 e. The van der Waals surface area contributed by atoms with Crippen LogP contribution in [0.3, 0.4) is 0 Å². The number of hydrogen-bond donors (Lipinski definition) is 2. The van der Waals surface area contributed by atoms with Gasteiger partial charge in [-0.1, -0.05) is 32.4 Å². The van der Waals surface area contributed by atoms with Gasteiger partial charge in [-0.2, -0.15) is 0 Å². The Morgan fingerprint density at radius 2 is 1.88 bits per heavy atom. The number of allylic oxidation sites excluding steroid dienone is 1. The standard InChI is InChI=1S/C22H40O3/c1-7-25-22(6)19(24)9-8-18-20(4,13-10-16(2)12-15-23)17(3)11-14-21(18,22)5/h12,17-19,23-24H,7-11,13-15H2,1-6H3/b16-12+/t17-,18-,19-,20+,21-,22+/m1/s1. The number of fused-ring (bicyclic) bond motifs is 1. The van der Waals surface area contributed by atoms with Crippen LogP contribution in [-0.4, -0.2) is 35.1 Å². The zero-order valence-corrected chi connectivity index (χ0v) is 17.3. The van der Waals surface area contributed by atoms with E-state index in [4.69, 9.17) is 9.84 Å². The van der Waals surface area contributed by atoms with E-state index >= 15 is 0 Å². The summed E-state index contributed by atoms with van der Waals surface area (Å²) in [5.41, 5.74) is 1.08. The third kappa shape index (κ3) is 3.44. The molecular weight excluding hydrogens is 312 g/mol. The van der Waals surface area contributed by atoms with Gasteiger partial charge in [0.05, 0.1) is 18.3 Å². The average molecular weight is 353 g/mol. The highest BCUT2D eigenvalue weighted by atomic mass is 16.5. The second kappa shape index (κ2) is 7.70. The predicted molar refractivity (Wildman–Crippen MR) is 103 cm³/mol. The van der Waals surface area contributed by atoms with E-state index < -0.39 is 5.60 Å². The van der Waals surface area contributed by atoms with E-state index in [0.717, 1.165) is 32.1 Å². The lowest BCUT2D eigenvalue weighted by atomic mass is 9.43. The van der Waals surface area contributed by atoms with Crippen LogP contribution in [0.2, 0.25) is 0 Å². The second-order valence-electron chi connectivity index (χ2n) is 9.28. The Balaban J connectivity index is 2.34. The van der Waals surface area contributed by atoms with Gasteiger partial charge in [0, 0.05) is 12.0 Å². The number of aliphatic hydroxyl groups is 2. The van der Waals surface area contributed by atoms with Gasteiger partial charge in [-0.15, -0.1) is 0 Å². The van der Waals surface area contributed by atoms with Crippen LogP contribution in [0.25, 0.3) is 0 Å². The molecule has 0 saturated heterocycles. The SMILES string of the molecule is CCO[C@@]1(C)[C@H](O)CC[C@@H]2[C@@](C)(CC/C(C)=C/CO)[C@H](C)CC[C@]21C. The molecule has 0 amide bonds. The molecule has 0 radical (unpaired) electrons. The monoisotopic (exact) mass is 352 g/mol. The Hall–Kier alpha value is -0.380. The molecule has 0 aromatic carbocycles. The van der Waals surface area contributed by atoms with E-state index in [9.17, 15) is 5.11 Å². The fourth-order valence-electron chi connectivity index (χ4n) is 6.02. The first kappa shape index (κ1) is 20.9. The molecule has 0 aromatic heterocycles. The first-order chi connectivity index (χ1) is 11.7. The van der Waals surface area contributed by atoms with Crippen molar-refractivity contribution in [2.24, 2.45) is 22.7 Å². The van der Waals surface area contributed by atoms with Gasteiger partial charge in [-0.05, 0) is 76.5 Å². The zero-order valence-electron chi connectivity index (χ0n) is 17.3. The minimum atomic E-state index is -0.456. The molecule has 0 aliphatic heterocycles. The summed E-state index contributed by atoms with van der Waals surface area (Å²) in [6, 6.07) is 0. The smallest absolute Gasteiger partial charge is 0.0967 e. The normalized spacial score (nSPS) is 45.3. The Bertz CT molecular complexity index is 488. The minimum absolute atomic E-state index is 0.0105. The summed E-state index contributed by atoms with van der Waals surface area (Å²) in [6.45, 7) is 14.4. The van der Waals surface area contributed by atoms with Crippen LogP contribution < -0.4 is 0 Å². The molecule has 2 N–H and O–H groups in total. The fraction of sp³-hybridized carbons (Fsp3) is 0.909. The highest BCUT2D eigenvalue weighted by Gasteiger charge is 2.63. The average Bonchev–Trinajstić information content (AvgIpc) is 2.55. The van der Waals surface area contributed by atoms with E-state index in [0.29, 0.717) is 18.4 Å². The molecule has 2 rings (SSSR count). The molecule has 0 aromatic rings. The van der Waals surface area contributed by atoms with Crippen LogP contribution in [0.5, 0.6) is 0 Å². The Kier molecular flexibility index (Phi) is 6.44. The van der Waals surface area contributed by atoms with Crippen LogP contribution in [0.4, 0.5) is 0 Å². The quantitative estimate of drug-likeness (QED) is 0.680. The maximum Gasteiger partial charge on any atom is 0.0967 e. The van der Waals surface area contributed by atoms with Crippen molar-refractivity contribution in [1.29, 1.82) is 0 Å². The van der Waals surface area contributed by atoms with Crippen LogP contribution >= 0.6 is 0 Å². The lowest BCUT2D eigenvalue weighted by Gasteiger charge is -2.65. The van der Waals surface area contributed by atoms with Crippen molar-refractivity contribution in [3.05, 3.63) is 11.6 Å². The van der Waals surface area contributed by atoms with Crippen molar-refractivity contribution in [1.82, 2.24) is 0 Å². The highest BCUT2D eigenvalue weighted by Crippen LogP contribution is 2.65. The Labute approximate surface area is 154 Å². The second-order valence-corrected chi connectivity index (χ2v) is 9.28. The van der Waals surface area contributed by atoms with E-state index in [2.05, 4.69) is 34.6 Å². The number of hydrogen-bond acceptors (Lipinski definition) is 3. The summed E-state index contributed by atoms with van der Waals surface area (Å²) in [5.74, 6) is 1.24. The molecule has 0 heterocycles. The summed E-state index contributed by atoms with van der Waals surface area (Å²) in [6.07, 6.45) is 8.01. The largest absolute Gasteiger partial charge is 0.392 e. The molecule has 2 fully saturated rings. The van der Waals surface area contributed by atoms with Gasteiger partial charge in [0.2, 0.25) is 0 Å². The Morgan fingerprint density at radius 1 is 1.20 bits per heavy atom. The van der Waals surface area contributed by atoms with Gasteiger partial charge >= 0.3 is 0 Å². The van der Waals surface area contributed by atoms with Gasteiger partial charge < -0.3 is 14.9 Å². The van der Waals surface area contributed by atoms with Crippen molar-refractivity contribution in [3.63, 3.8) is 0 Å². The van der Waals surface area contributed by atoms with Crippen molar-refractivity contribution in [2.75, 3.05) is 13.2 Å². The summed E-state index contributed by atoms with van der Waals surface area (Å²) in [5, 5.41) is 20.0. The van der Waals surface area contributed by atoms with Crippen LogP contribution in [-0.2, 0) is 4.74 Å². The molecule has 3 heteroatoms. The first-order valence-electron chi connectivity index (χ1n) is 10.2. The van der Waals surface area contributed by atoms with Crippen molar-refractivity contribution in [3.8, 4) is 0 Å². The lowest BCUT2D eigenvalue weighted by molar-refractivity contribution is -0.255. The number of aliphatic hydroxyl groups excluding tert-OH is 2. The molecule has 3 nitrogen and oxygen atoms in total. The summed E-state index contributed by atoms with van der Waals surface area (Å²) in [7, 11) is 0. The molecule has 2 saturated carbocycles. The summed E-state index contributed by atoms with van der Waals surface area (Å²) in [4.78, 5) is 0. The van der Waals surface area contributed by atoms with Crippen molar-refractivity contribution in [2.45, 2.75) is 91.8 Å². The molecule has 0 spiro atoms. The molecular formula is C22H40O3. The molecule has 2 aliphatic rings. The summed E-state index contributed by atoms with van der Waals surface area (Å²) < 4.78 is 6.25. The molecule has 2 aliphatic carbocycles. The maximum atomic E-state index is 10.8. The zero-order chi connectivity index (χ0) is 18.9. The molecule has 0 unspecified atom stereocenters. The molecule has 146 valence electrons. The maximum absolute atomic E-state index is 10.8. The van der Waals surface area contributed by atoms with Gasteiger partial charge in [0.25, 0.3) is 0 Å². The van der Waals surface area contributed by atoms with Crippen LogP contribution in [0, 0.1) is 22.7 Å². The molecule has 25 heavy (non-hydrogen) atoms. The van der Waals surface area contributed by atoms with Gasteiger partial charge in [0.15, 0.2) is 0 Å². The summed E-state index contributed by atoms with van der Waals surface area (Å²) >= 11 is 0. The topological polar surface area (TPSA) is 49.7 Å². The highest BCUT2D eigenvalue weighted by molar-refractivity contribution is 5.14. The van der Waals surface area contributed by atoms with Crippen molar-refractivity contribution >= 4 is 0 Å². The van der Waals surface area contributed by atoms with E-state index in [-0.39, 0.29) is 23.5 Å². The lowest BCUT2D eigenvalue weighted by Crippen LogP contribution is -2.66. The van der Waals surface area contributed by atoms with Gasteiger partial charge in [-0.25, -0.2) is 0 Å². The van der Waals surface area contributed by atoms with Gasteiger partial charge in [0.1, 0.15) is 0 Å². The van der Waals surface area contributed by atoms with E-state index in [1.54, 1.807) is 0 Å². The van der Waals surface area contributed by atoms with Gasteiger partial charge in [-0.3, -0.25) is 0 Å². The molecule has 0 bridgehead atoms. The number of rotatable bonds is 6. The Morgan fingerprint density at radius 3 is 2.48 bits per heavy atom. The first-order valence-corrected chi connectivity index (χ1v) is 10.2. The van der Waals surface area contributed by atoms with E-state index in [1.807, 2.05) is 13.0 Å². The van der Waals surface area contributed by atoms with Crippen LogP contribution in [0.1, 0.15) is 80.1 Å². The fourth-order valence-corrected chi connectivity index (χ4v) is 6.02. The third-order valence-electron chi connectivity index (χ3n) is 8.23. The third-order valence-corrected chi connectivity index (χ3v) is 8.23. The number of ether oxygens (including phenoxy) is 1. The van der Waals surface area contributed by atoms with Crippen LogP contribution in [0.15, 0.2) is 11.6 Å². The van der Waals surface area contributed by atoms with Crippen molar-refractivity contribution < 1.29 is 14.9 Å².